The number of carbonyl (C=O) groups is 1. The fourth-order valence-electron chi connectivity index (χ4n) is 2.89. The normalized spacial score (nSPS) is 21.0. The fraction of sp³-hybridized carbons (Fsp3) is 0.588. The van der Waals surface area contributed by atoms with Gasteiger partial charge < -0.3 is 15.4 Å². The van der Waals surface area contributed by atoms with E-state index in [-0.39, 0.29) is 23.3 Å². The molecule has 1 aromatic rings. The molecule has 1 fully saturated rings. The molecule has 1 heterocycles. The van der Waals surface area contributed by atoms with Crippen LogP contribution in [0.1, 0.15) is 25.3 Å². The van der Waals surface area contributed by atoms with Crippen molar-refractivity contribution in [1.82, 2.24) is 15.4 Å². The lowest BCUT2D eigenvalue weighted by atomic mass is 9.92. The summed E-state index contributed by atoms with van der Waals surface area (Å²) in [5.74, 6) is 0.0405. The van der Waals surface area contributed by atoms with E-state index in [4.69, 9.17) is 4.74 Å². The molecule has 0 spiro atoms. The highest BCUT2D eigenvalue weighted by Gasteiger charge is 2.24. The quantitative estimate of drug-likeness (QED) is 0.584. The zero-order valence-corrected chi connectivity index (χ0v) is 15.6. The molecule has 1 saturated heterocycles. The van der Waals surface area contributed by atoms with Gasteiger partial charge in [-0.3, -0.25) is 4.79 Å². The molecule has 2 atom stereocenters. The maximum Gasteiger partial charge on any atom is 0.240 e. The number of amides is 1. The van der Waals surface area contributed by atoms with Crippen LogP contribution in [0.25, 0.3) is 0 Å². The lowest BCUT2D eigenvalue weighted by molar-refractivity contribution is -0.126. The van der Waals surface area contributed by atoms with Gasteiger partial charge in [0.25, 0.3) is 0 Å². The minimum absolute atomic E-state index is 0.0128. The Morgan fingerprint density at radius 2 is 2.20 bits per heavy atom. The SMILES string of the molecule is COCCNS(=O)(=O)c1cccc(CNC(=O)[C@H]2CCN[C@@H](C)C2)c1. The highest BCUT2D eigenvalue weighted by atomic mass is 32.2. The summed E-state index contributed by atoms with van der Waals surface area (Å²) in [6.07, 6.45) is 1.65. The third-order valence-corrected chi connectivity index (χ3v) is 5.73. The van der Waals surface area contributed by atoms with Crippen LogP contribution in [0.5, 0.6) is 0 Å². The Kier molecular flexibility index (Phi) is 7.37. The van der Waals surface area contributed by atoms with E-state index in [1.165, 1.54) is 13.2 Å². The standard InChI is InChI=1S/C17H27N3O4S/c1-13-10-15(6-7-18-13)17(21)19-12-14-4-3-5-16(11-14)25(22,23)20-8-9-24-2/h3-5,11,13,15,18,20H,6-10,12H2,1-2H3,(H,19,21)/t13-,15-/m0/s1. The Bertz CT molecular complexity index is 678. The number of rotatable bonds is 8. The van der Waals surface area contributed by atoms with Gasteiger partial charge in [-0.25, -0.2) is 13.1 Å². The van der Waals surface area contributed by atoms with Gasteiger partial charge in [0.05, 0.1) is 11.5 Å². The van der Waals surface area contributed by atoms with Crippen LogP contribution in [0, 0.1) is 5.92 Å². The first-order valence-electron chi connectivity index (χ1n) is 8.51. The molecule has 0 bridgehead atoms. The number of hydrogen-bond donors (Lipinski definition) is 3. The van der Waals surface area contributed by atoms with Crippen molar-refractivity contribution in [3.8, 4) is 0 Å². The summed E-state index contributed by atoms with van der Waals surface area (Å²) in [6, 6.07) is 6.95. The maximum absolute atomic E-state index is 12.3. The molecule has 140 valence electrons. The summed E-state index contributed by atoms with van der Waals surface area (Å²) >= 11 is 0. The Labute approximate surface area is 149 Å². The molecule has 3 N–H and O–H groups in total. The fourth-order valence-corrected chi connectivity index (χ4v) is 3.97. The summed E-state index contributed by atoms with van der Waals surface area (Å²) in [5.41, 5.74) is 0.755. The van der Waals surface area contributed by atoms with Gasteiger partial charge in [-0.15, -0.1) is 0 Å². The highest BCUT2D eigenvalue weighted by Crippen LogP contribution is 2.17. The summed E-state index contributed by atoms with van der Waals surface area (Å²) in [5, 5.41) is 6.24. The Morgan fingerprint density at radius 1 is 1.40 bits per heavy atom. The molecule has 2 rings (SSSR count). The van der Waals surface area contributed by atoms with E-state index in [0.29, 0.717) is 19.2 Å². The number of carbonyl (C=O) groups excluding carboxylic acids is 1. The van der Waals surface area contributed by atoms with Crippen molar-refractivity contribution in [2.75, 3.05) is 26.8 Å². The van der Waals surface area contributed by atoms with Gasteiger partial charge in [0.2, 0.25) is 15.9 Å². The van der Waals surface area contributed by atoms with E-state index in [9.17, 15) is 13.2 Å². The first-order chi connectivity index (χ1) is 11.9. The Morgan fingerprint density at radius 3 is 2.92 bits per heavy atom. The molecular weight excluding hydrogens is 342 g/mol. The van der Waals surface area contributed by atoms with E-state index >= 15 is 0 Å². The average Bonchev–Trinajstić information content (AvgIpc) is 2.60. The van der Waals surface area contributed by atoms with Crippen LogP contribution in [0.4, 0.5) is 0 Å². The van der Waals surface area contributed by atoms with Gasteiger partial charge in [-0.2, -0.15) is 0 Å². The minimum Gasteiger partial charge on any atom is -0.383 e. The largest absolute Gasteiger partial charge is 0.383 e. The van der Waals surface area contributed by atoms with Gasteiger partial charge in [-0.05, 0) is 44.0 Å². The zero-order valence-electron chi connectivity index (χ0n) is 14.7. The van der Waals surface area contributed by atoms with Gasteiger partial charge >= 0.3 is 0 Å². The Hall–Kier alpha value is -1.48. The van der Waals surface area contributed by atoms with Crippen LogP contribution in [-0.4, -0.2) is 47.2 Å². The monoisotopic (exact) mass is 369 g/mol. The second-order valence-electron chi connectivity index (χ2n) is 6.33. The molecule has 1 aromatic carbocycles. The first kappa shape index (κ1) is 19.8. The summed E-state index contributed by atoms with van der Waals surface area (Å²) < 4.78 is 31.8. The Balaban J connectivity index is 1.93. The molecule has 0 aromatic heterocycles. The maximum atomic E-state index is 12.3. The smallest absolute Gasteiger partial charge is 0.240 e. The third-order valence-electron chi connectivity index (χ3n) is 4.27. The van der Waals surface area contributed by atoms with Crippen molar-refractivity contribution in [3.05, 3.63) is 29.8 Å². The van der Waals surface area contributed by atoms with Gasteiger partial charge in [0, 0.05) is 32.2 Å². The van der Waals surface area contributed by atoms with Crippen molar-refractivity contribution in [1.29, 1.82) is 0 Å². The van der Waals surface area contributed by atoms with Gasteiger partial charge in [-0.1, -0.05) is 12.1 Å². The predicted octanol–water partition coefficient (Wildman–Crippen LogP) is 0.616. The average molecular weight is 369 g/mol. The van der Waals surface area contributed by atoms with E-state index < -0.39 is 10.0 Å². The lowest BCUT2D eigenvalue weighted by Gasteiger charge is -2.27. The number of nitrogens with one attached hydrogen (secondary N) is 3. The summed E-state index contributed by atoms with van der Waals surface area (Å²) in [7, 11) is -2.06. The predicted molar refractivity (Wildman–Crippen MR) is 95.5 cm³/mol. The number of sulfonamides is 1. The number of ether oxygens (including phenoxy) is 1. The molecule has 7 nitrogen and oxygen atoms in total. The number of hydrogen-bond acceptors (Lipinski definition) is 5. The molecule has 0 saturated carbocycles. The van der Waals surface area contributed by atoms with Crippen molar-refractivity contribution in [3.63, 3.8) is 0 Å². The number of piperidine rings is 1. The molecule has 0 unspecified atom stereocenters. The van der Waals surface area contributed by atoms with Crippen LogP contribution in [0.3, 0.4) is 0 Å². The van der Waals surface area contributed by atoms with E-state index in [1.54, 1.807) is 18.2 Å². The van der Waals surface area contributed by atoms with Gasteiger partial charge in [0.1, 0.15) is 0 Å². The first-order valence-corrected chi connectivity index (χ1v) is 9.99. The van der Waals surface area contributed by atoms with Crippen LogP contribution >= 0.6 is 0 Å². The second-order valence-corrected chi connectivity index (χ2v) is 8.10. The zero-order chi connectivity index (χ0) is 18.3. The van der Waals surface area contributed by atoms with Crippen molar-refractivity contribution in [2.45, 2.75) is 37.2 Å². The van der Waals surface area contributed by atoms with Crippen molar-refractivity contribution in [2.24, 2.45) is 5.92 Å². The van der Waals surface area contributed by atoms with Crippen LogP contribution in [0.2, 0.25) is 0 Å². The van der Waals surface area contributed by atoms with Crippen molar-refractivity contribution >= 4 is 15.9 Å². The highest BCUT2D eigenvalue weighted by molar-refractivity contribution is 7.89. The lowest BCUT2D eigenvalue weighted by Crippen LogP contribution is -2.42. The van der Waals surface area contributed by atoms with Crippen LogP contribution in [0.15, 0.2) is 29.2 Å². The van der Waals surface area contributed by atoms with E-state index in [0.717, 1.165) is 24.9 Å². The number of benzene rings is 1. The van der Waals surface area contributed by atoms with E-state index in [1.807, 2.05) is 0 Å². The summed E-state index contributed by atoms with van der Waals surface area (Å²) in [6.45, 7) is 3.76. The van der Waals surface area contributed by atoms with Crippen LogP contribution in [-0.2, 0) is 26.1 Å². The molecule has 0 aliphatic carbocycles. The molecule has 1 aliphatic heterocycles. The van der Waals surface area contributed by atoms with Crippen molar-refractivity contribution < 1.29 is 17.9 Å². The molecule has 1 amide bonds. The minimum atomic E-state index is -3.57. The third kappa shape index (κ3) is 6.07. The molecule has 8 heteroatoms. The topological polar surface area (TPSA) is 96.5 Å². The van der Waals surface area contributed by atoms with Gasteiger partial charge in [0.15, 0.2) is 0 Å². The molecular formula is C17H27N3O4S. The molecule has 1 aliphatic rings. The molecule has 0 radical (unpaired) electrons. The molecule has 25 heavy (non-hydrogen) atoms. The number of methoxy groups -OCH3 is 1. The van der Waals surface area contributed by atoms with E-state index in [2.05, 4.69) is 22.3 Å². The van der Waals surface area contributed by atoms with Crippen LogP contribution < -0.4 is 15.4 Å². The second kappa shape index (κ2) is 9.28. The summed E-state index contributed by atoms with van der Waals surface area (Å²) in [4.78, 5) is 12.5.